The van der Waals surface area contributed by atoms with Crippen LogP contribution in [0.2, 0.25) is 0 Å². The molecule has 0 radical (unpaired) electrons. The number of rotatable bonds is 2. The summed E-state index contributed by atoms with van der Waals surface area (Å²) in [6.07, 6.45) is 2.23. The molecule has 1 aromatic heterocycles. The third kappa shape index (κ3) is 2.82. The Morgan fingerprint density at radius 2 is 1.81 bits per heavy atom. The van der Waals surface area contributed by atoms with Crippen molar-refractivity contribution in [2.45, 2.75) is 40.5 Å². The highest BCUT2D eigenvalue weighted by molar-refractivity contribution is 5.84. The second-order valence-corrected chi connectivity index (χ2v) is 3.67. The maximum atomic E-state index is 4.59. The number of aryl methyl sites for hydroxylation is 2. The van der Waals surface area contributed by atoms with Gasteiger partial charge in [0.2, 0.25) is 0 Å². The standard InChI is InChI=1S/C13H15N.C2H6/c1-3-6-12-9-11-7-4-5-8-13(11)10(2)14-12;1-2/h4-5,7-9H,3,6H2,1-2H3;1-2H3. The third-order valence-corrected chi connectivity index (χ3v) is 2.49. The minimum atomic E-state index is 1.08. The lowest BCUT2D eigenvalue weighted by Gasteiger charge is -2.04. The number of hydrogen-bond acceptors (Lipinski definition) is 1. The van der Waals surface area contributed by atoms with Crippen LogP contribution in [0, 0.1) is 6.92 Å². The Morgan fingerprint density at radius 1 is 1.12 bits per heavy atom. The van der Waals surface area contributed by atoms with Gasteiger partial charge in [0.25, 0.3) is 0 Å². The minimum Gasteiger partial charge on any atom is -0.258 e. The van der Waals surface area contributed by atoms with E-state index in [1.807, 2.05) is 13.8 Å². The summed E-state index contributed by atoms with van der Waals surface area (Å²) in [7, 11) is 0. The molecule has 0 unspecified atom stereocenters. The van der Waals surface area contributed by atoms with Crippen molar-refractivity contribution in [2.75, 3.05) is 0 Å². The van der Waals surface area contributed by atoms with Gasteiger partial charge < -0.3 is 0 Å². The Labute approximate surface area is 98.5 Å². The van der Waals surface area contributed by atoms with Gasteiger partial charge in [0, 0.05) is 16.8 Å². The van der Waals surface area contributed by atoms with Crippen molar-refractivity contribution >= 4 is 10.8 Å². The number of hydrogen-bond donors (Lipinski definition) is 0. The van der Waals surface area contributed by atoms with Crippen LogP contribution in [-0.2, 0) is 6.42 Å². The summed E-state index contributed by atoms with van der Waals surface area (Å²) in [6.45, 7) is 8.27. The van der Waals surface area contributed by atoms with Crippen LogP contribution in [-0.4, -0.2) is 4.98 Å². The van der Waals surface area contributed by atoms with Crippen LogP contribution < -0.4 is 0 Å². The first-order valence-electron chi connectivity index (χ1n) is 6.16. The molecule has 0 amide bonds. The molecule has 2 rings (SSSR count). The molecule has 86 valence electrons. The van der Waals surface area contributed by atoms with Gasteiger partial charge in [0.15, 0.2) is 0 Å². The lowest BCUT2D eigenvalue weighted by atomic mass is 10.1. The molecule has 0 bridgehead atoms. The van der Waals surface area contributed by atoms with Crippen LogP contribution in [0.4, 0.5) is 0 Å². The van der Waals surface area contributed by atoms with E-state index in [0.717, 1.165) is 18.5 Å². The smallest absolute Gasteiger partial charge is 0.0454 e. The lowest BCUT2D eigenvalue weighted by Crippen LogP contribution is -1.92. The van der Waals surface area contributed by atoms with Gasteiger partial charge in [-0.2, -0.15) is 0 Å². The Balaban J connectivity index is 0.000000606. The van der Waals surface area contributed by atoms with Crippen LogP contribution in [0.5, 0.6) is 0 Å². The zero-order valence-electron chi connectivity index (χ0n) is 10.7. The SMILES string of the molecule is CC.CCCc1cc2ccccc2c(C)n1. The molecule has 2 aromatic rings. The van der Waals surface area contributed by atoms with Crippen molar-refractivity contribution in [1.29, 1.82) is 0 Å². The number of nitrogens with zero attached hydrogens (tertiary/aromatic N) is 1. The van der Waals surface area contributed by atoms with Crippen LogP contribution in [0.15, 0.2) is 30.3 Å². The quantitative estimate of drug-likeness (QED) is 0.717. The second kappa shape index (κ2) is 6.26. The van der Waals surface area contributed by atoms with E-state index >= 15 is 0 Å². The molecule has 0 saturated heterocycles. The van der Waals surface area contributed by atoms with Crippen molar-refractivity contribution in [3.63, 3.8) is 0 Å². The summed E-state index contributed by atoms with van der Waals surface area (Å²) in [5.41, 5.74) is 2.36. The van der Waals surface area contributed by atoms with E-state index in [1.54, 1.807) is 0 Å². The first-order chi connectivity index (χ1) is 7.81. The third-order valence-electron chi connectivity index (χ3n) is 2.49. The molecule has 1 nitrogen and oxygen atoms in total. The molecule has 0 aliphatic heterocycles. The zero-order chi connectivity index (χ0) is 12.0. The fraction of sp³-hybridized carbons (Fsp3) is 0.400. The molecule has 0 fully saturated rings. The van der Waals surface area contributed by atoms with Crippen LogP contribution in [0.1, 0.15) is 38.6 Å². The number of fused-ring (bicyclic) bond motifs is 1. The topological polar surface area (TPSA) is 12.9 Å². The fourth-order valence-electron chi connectivity index (χ4n) is 1.82. The fourth-order valence-corrected chi connectivity index (χ4v) is 1.82. The Morgan fingerprint density at radius 3 is 2.50 bits per heavy atom. The molecule has 0 N–H and O–H groups in total. The Hall–Kier alpha value is -1.37. The van der Waals surface area contributed by atoms with Crippen LogP contribution in [0.25, 0.3) is 10.8 Å². The van der Waals surface area contributed by atoms with Gasteiger partial charge in [-0.15, -0.1) is 0 Å². The Kier molecular flexibility index (Phi) is 4.97. The van der Waals surface area contributed by atoms with Gasteiger partial charge in [-0.25, -0.2) is 0 Å². The first kappa shape index (κ1) is 12.7. The molecule has 0 atom stereocenters. The molecule has 16 heavy (non-hydrogen) atoms. The van der Waals surface area contributed by atoms with E-state index in [2.05, 4.69) is 49.2 Å². The monoisotopic (exact) mass is 215 g/mol. The largest absolute Gasteiger partial charge is 0.258 e. The number of aromatic nitrogens is 1. The number of benzene rings is 1. The predicted molar refractivity (Wildman–Crippen MR) is 71.8 cm³/mol. The van der Waals surface area contributed by atoms with Crippen molar-refractivity contribution in [2.24, 2.45) is 0 Å². The summed E-state index contributed by atoms with van der Waals surface area (Å²) < 4.78 is 0. The summed E-state index contributed by atoms with van der Waals surface area (Å²) >= 11 is 0. The average molecular weight is 215 g/mol. The highest BCUT2D eigenvalue weighted by atomic mass is 14.7. The Bertz CT molecular complexity index is 446. The average Bonchev–Trinajstić information content (AvgIpc) is 2.32. The van der Waals surface area contributed by atoms with E-state index < -0.39 is 0 Å². The molecule has 1 heteroatoms. The highest BCUT2D eigenvalue weighted by Gasteiger charge is 2.00. The minimum absolute atomic E-state index is 1.08. The van der Waals surface area contributed by atoms with E-state index in [-0.39, 0.29) is 0 Å². The van der Waals surface area contributed by atoms with Gasteiger partial charge in [0.05, 0.1) is 0 Å². The van der Waals surface area contributed by atoms with Crippen molar-refractivity contribution in [3.05, 3.63) is 41.7 Å². The summed E-state index contributed by atoms with van der Waals surface area (Å²) in [6, 6.07) is 10.6. The highest BCUT2D eigenvalue weighted by Crippen LogP contribution is 2.18. The summed E-state index contributed by atoms with van der Waals surface area (Å²) in [5, 5.41) is 2.58. The first-order valence-corrected chi connectivity index (χ1v) is 6.16. The zero-order valence-corrected chi connectivity index (χ0v) is 10.7. The maximum absolute atomic E-state index is 4.59. The predicted octanol–water partition coefficient (Wildman–Crippen LogP) is 4.52. The van der Waals surface area contributed by atoms with Crippen LogP contribution >= 0.6 is 0 Å². The molecular weight excluding hydrogens is 194 g/mol. The molecule has 0 saturated carbocycles. The van der Waals surface area contributed by atoms with Gasteiger partial charge >= 0.3 is 0 Å². The molecule has 0 aliphatic rings. The van der Waals surface area contributed by atoms with E-state index in [4.69, 9.17) is 0 Å². The number of pyridine rings is 1. The van der Waals surface area contributed by atoms with Gasteiger partial charge in [-0.3, -0.25) is 4.98 Å². The van der Waals surface area contributed by atoms with Gasteiger partial charge in [0.1, 0.15) is 0 Å². The molecule has 0 spiro atoms. The molecule has 1 aromatic carbocycles. The van der Waals surface area contributed by atoms with Crippen molar-refractivity contribution in [1.82, 2.24) is 4.98 Å². The molecule has 1 heterocycles. The molecule has 0 aliphatic carbocycles. The van der Waals surface area contributed by atoms with E-state index in [0.29, 0.717) is 0 Å². The van der Waals surface area contributed by atoms with E-state index in [1.165, 1.54) is 16.5 Å². The summed E-state index contributed by atoms with van der Waals surface area (Å²) in [5.74, 6) is 0. The van der Waals surface area contributed by atoms with Gasteiger partial charge in [-0.1, -0.05) is 51.5 Å². The van der Waals surface area contributed by atoms with Gasteiger partial charge in [-0.05, 0) is 24.8 Å². The maximum Gasteiger partial charge on any atom is 0.0454 e. The van der Waals surface area contributed by atoms with Crippen molar-refractivity contribution < 1.29 is 0 Å². The second-order valence-electron chi connectivity index (χ2n) is 3.67. The normalized spacial score (nSPS) is 9.75. The van der Waals surface area contributed by atoms with E-state index in [9.17, 15) is 0 Å². The van der Waals surface area contributed by atoms with Crippen LogP contribution in [0.3, 0.4) is 0 Å². The van der Waals surface area contributed by atoms with Crippen molar-refractivity contribution in [3.8, 4) is 0 Å². The summed E-state index contributed by atoms with van der Waals surface area (Å²) in [4.78, 5) is 4.59. The lowest BCUT2D eigenvalue weighted by molar-refractivity contribution is 0.879. The molecular formula is C15H21N.